The molecule has 8 nitrogen and oxygen atoms in total. The van der Waals surface area contributed by atoms with Crippen LogP contribution >= 0.6 is 0 Å². The molecular formula is C18H24N2O6. The molecule has 1 aliphatic rings. The number of hydrogen-bond acceptors (Lipinski definition) is 6. The maximum absolute atomic E-state index is 12.2. The second-order valence-electron chi connectivity index (χ2n) is 6.89. The van der Waals surface area contributed by atoms with Gasteiger partial charge in [0.1, 0.15) is 11.4 Å². The van der Waals surface area contributed by atoms with Crippen LogP contribution in [0.5, 0.6) is 11.5 Å². The molecule has 0 bridgehead atoms. The molecule has 1 amide bonds. The first kappa shape index (κ1) is 19.6. The van der Waals surface area contributed by atoms with Crippen LogP contribution in [0.25, 0.3) is 5.57 Å². The van der Waals surface area contributed by atoms with Gasteiger partial charge in [0.15, 0.2) is 5.75 Å². The van der Waals surface area contributed by atoms with Crippen LogP contribution in [-0.2, 0) is 4.74 Å². The van der Waals surface area contributed by atoms with Gasteiger partial charge in [0.25, 0.3) is 0 Å². The molecule has 26 heavy (non-hydrogen) atoms. The van der Waals surface area contributed by atoms with Gasteiger partial charge < -0.3 is 19.1 Å². The molecule has 0 fully saturated rings. The van der Waals surface area contributed by atoms with Crippen molar-refractivity contribution in [3.63, 3.8) is 0 Å². The number of ether oxygens (including phenoxy) is 3. The molecule has 0 atom stereocenters. The van der Waals surface area contributed by atoms with Crippen molar-refractivity contribution in [2.75, 3.05) is 27.3 Å². The molecule has 0 aliphatic carbocycles. The summed E-state index contributed by atoms with van der Waals surface area (Å²) in [5, 5.41) is 11.2. The molecule has 1 heterocycles. The van der Waals surface area contributed by atoms with Gasteiger partial charge in [-0.3, -0.25) is 10.1 Å². The second kappa shape index (κ2) is 7.63. The van der Waals surface area contributed by atoms with Crippen molar-refractivity contribution in [3.8, 4) is 11.5 Å². The molecule has 142 valence electrons. The van der Waals surface area contributed by atoms with E-state index in [9.17, 15) is 14.9 Å². The van der Waals surface area contributed by atoms with E-state index in [0.29, 0.717) is 25.3 Å². The van der Waals surface area contributed by atoms with Crippen molar-refractivity contribution < 1.29 is 23.9 Å². The van der Waals surface area contributed by atoms with Crippen molar-refractivity contribution in [1.29, 1.82) is 0 Å². The fraction of sp³-hybridized carbons (Fsp3) is 0.500. The van der Waals surface area contributed by atoms with Crippen molar-refractivity contribution in [1.82, 2.24) is 4.90 Å². The third-order valence-corrected chi connectivity index (χ3v) is 3.90. The van der Waals surface area contributed by atoms with Crippen LogP contribution in [-0.4, -0.2) is 48.8 Å². The Morgan fingerprint density at radius 1 is 1.19 bits per heavy atom. The zero-order valence-electron chi connectivity index (χ0n) is 15.7. The van der Waals surface area contributed by atoms with Gasteiger partial charge in [-0.2, -0.15) is 0 Å². The topological polar surface area (TPSA) is 91.1 Å². The summed E-state index contributed by atoms with van der Waals surface area (Å²) in [6.07, 6.45) is 2.12. The fourth-order valence-corrected chi connectivity index (χ4v) is 2.68. The Kier molecular flexibility index (Phi) is 5.74. The first-order valence-electron chi connectivity index (χ1n) is 8.24. The zero-order valence-corrected chi connectivity index (χ0v) is 15.7. The van der Waals surface area contributed by atoms with E-state index in [2.05, 4.69) is 0 Å². The van der Waals surface area contributed by atoms with Crippen molar-refractivity contribution >= 4 is 17.4 Å². The first-order valence-corrected chi connectivity index (χ1v) is 8.24. The van der Waals surface area contributed by atoms with Crippen LogP contribution in [0.3, 0.4) is 0 Å². The quantitative estimate of drug-likeness (QED) is 0.598. The molecule has 0 radical (unpaired) electrons. The van der Waals surface area contributed by atoms with E-state index in [4.69, 9.17) is 14.2 Å². The van der Waals surface area contributed by atoms with E-state index < -0.39 is 10.5 Å². The van der Waals surface area contributed by atoms with E-state index in [1.807, 2.05) is 26.8 Å². The van der Waals surface area contributed by atoms with Crippen LogP contribution in [0.2, 0.25) is 0 Å². The van der Waals surface area contributed by atoms with Gasteiger partial charge in [-0.15, -0.1) is 0 Å². The number of benzene rings is 1. The highest BCUT2D eigenvalue weighted by atomic mass is 16.6. The number of nitro benzene ring substituents is 1. The average molecular weight is 364 g/mol. The van der Waals surface area contributed by atoms with E-state index in [0.717, 1.165) is 11.1 Å². The first-order chi connectivity index (χ1) is 12.2. The standard InChI is InChI=1S/C18H24N2O6/c1-18(2,3)26-17(21)19-8-6-12(7-9-19)13-10-16(25-5)14(20(22)23)11-15(13)24-4/h6,10-11H,7-9H2,1-5H3. The van der Waals surface area contributed by atoms with Crippen molar-refractivity contribution in [3.05, 3.63) is 33.9 Å². The summed E-state index contributed by atoms with van der Waals surface area (Å²) in [5.74, 6) is 0.565. The number of rotatable bonds is 4. The minimum absolute atomic E-state index is 0.153. The number of nitrogens with zero attached hydrogens (tertiary/aromatic N) is 2. The Hall–Kier alpha value is -2.77. The van der Waals surface area contributed by atoms with E-state index in [1.54, 1.807) is 11.0 Å². The van der Waals surface area contributed by atoms with E-state index >= 15 is 0 Å². The SMILES string of the molecule is COc1cc([N+](=O)[O-])c(OC)cc1C1=CCN(C(=O)OC(C)(C)C)CC1. The Bertz CT molecular complexity index is 736. The monoisotopic (exact) mass is 364 g/mol. The van der Waals surface area contributed by atoms with Crippen molar-refractivity contribution in [2.45, 2.75) is 32.8 Å². The lowest BCUT2D eigenvalue weighted by molar-refractivity contribution is -0.385. The Balaban J connectivity index is 2.27. The normalized spacial score (nSPS) is 14.5. The highest BCUT2D eigenvalue weighted by molar-refractivity contribution is 5.77. The lowest BCUT2D eigenvalue weighted by Crippen LogP contribution is -2.39. The van der Waals surface area contributed by atoms with Crippen LogP contribution in [0.15, 0.2) is 18.2 Å². The van der Waals surface area contributed by atoms with E-state index in [-0.39, 0.29) is 17.5 Å². The summed E-state index contributed by atoms with van der Waals surface area (Å²) in [5.41, 5.74) is 0.962. The summed E-state index contributed by atoms with van der Waals surface area (Å²) in [6, 6.07) is 2.96. The fourth-order valence-electron chi connectivity index (χ4n) is 2.68. The molecule has 8 heteroatoms. The maximum atomic E-state index is 12.2. The van der Waals surface area contributed by atoms with Gasteiger partial charge in [0.05, 0.1) is 25.2 Å². The highest BCUT2D eigenvalue weighted by Crippen LogP contribution is 2.39. The van der Waals surface area contributed by atoms with Crippen LogP contribution in [0, 0.1) is 10.1 Å². The Morgan fingerprint density at radius 3 is 2.31 bits per heavy atom. The minimum Gasteiger partial charge on any atom is -0.496 e. The largest absolute Gasteiger partial charge is 0.496 e. The second-order valence-corrected chi connectivity index (χ2v) is 6.89. The number of hydrogen-bond donors (Lipinski definition) is 0. The third-order valence-electron chi connectivity index (χ3n) is 3.90. The molecular weight excluding hydrogens is 340 g/mol. The maximum Gasteiger partial charge on any atom is 0.410 e. The molecule has 0 unspecified atom stereocenters. The van der Waals surface area contributed by atoms with Gasteiger partial charge in [0.2, 0.25) is 0 Å². The number of amides is 1. The zero-order chi connectivity index (χ0) is 19.5. The number of carbonyl (C=O) groups is 1. The van der Waals surface area contributed by atoms with Gasteiger partial charge in [-0.1, -0.05) is 6.08 Å². The van der Waals surface area contributed by atoms with Gasteiger partial charge in [-0.05, 0) is 38.8 Å². The predicted octanol–water partition coefficient (Wildman–Crippen LogP) is 3.64. The Labute approximate surface area is 152 Å². The molecule has 0 spiro atoms. The summed E-state index contributed by atoms with van der Waals surface area (Å²) >= 11 is 0. The summed E-state index contributed by atoms with van der Waals surface area (Å²) in [4.78, 5) is 24.4. The smallest absolute Gasteiger partial charge is 0.410 e. The predicted molar refractivity (Wildman–Crippen MR) is 96.6 cm³/mol. The molecule has 0 saturated carbocycles. The van der Waals surface area contributed by atoms with Crippen LogP contribution < -0.4 is 9.47 Å². The number of nitro groups is 1. The van der Waals surface area contributed by atoms with Crippen LogP contribution in [0.1, 0.15) is 32.8 Å². The molecule has 1 aromatic rings. The van der Waals surface area contributed by atoms with Crippen molar-refractivity contribution in [2.24, 2.45) is 0 Å². The van der Waals surface area contributed by atoms with Gasteiger partial charge in [-0.25, -0.2) is 4.79 Å². The van der Waals surface area contributed by atoms with Gasteiger partial charge >= 0.3 is 11.8 Å². The summed E-state index contributed by atoms with van der Waals surface area (Å²) < 4.78 is 15.8. The van der Waals surface area contributed by atoms with Crippen LogP contribution in [0.4, 0.5) is 10.5 Å². The molecule has 0 N–H and O–H groups in total. The summed E-state index contributed by atoms with van der Waals surface area (Å²) in [7, 11) is 2.85. The lowest BCUT2D eigenvalue weighted by Gasteiger charge is -2.30. The average Bonchev–Trinajstić information content (AvgIpc) is 2.59. The lowest BCUT2D eigenvalue weighted by atomic mass is 9.98. The number of methoxy groups -OCH3 is 2. The Morgan fingerprint density at radius 2 is 1.85 bits per heavy atom. The molecule has 0 aromatic heterocycles. The molecule has 1 aliphatic heterocycles. The highest BCUT2D eigenvalue weighted by Gasteiger charge is 2.26. The minimum atomic E-state index is -0.546. The molecule has 0 saturated heterocycles. The summed E-state index contributed by atoms with van der Waals surface area (Å²) in [6.45, 7) is 6.36. The number of carbonyl (C=O) groups excluding carboxylic acids is 1. The molecule has 2 rings (SSSR count). The molecule has 1 aromatic carbocycles. The third kappa shape index (κ3) is 4.44. The van der Waals surface area contributed by atoms with Gasteiger partial charge in [0, 0.05) is 18.7 Å². The van der Waals surface area contributed by atoms with E-state index in [1.165, 1.54) is 20.3 Å².